The van der Waals surface area contributed by atoms with Gasteiger partial charge in [-0.05, 0) is 96.5 Å². The molecule has 6 nitrogen and oxygen atoms in total. The first-order valence-corrected chi connectivity index (χ1v) is 17.0. The minimum atomic E-state index is -0.473. The van der Waals surface area contributed by atoms with Crippen molar-refractivity contribution in [2.45, 2.75) is 130 Å². The van der Waals surface area contributed by atoms with Crippen molar-refractivity contribution in [2.24, 2.45) is 33.3 Å². The summed E-state index contributed by atoms with van der Waals surface area (Å²) in [5.41, 5.74) is 10.1. The molecule has 0 bridgehead atoms. The topological polar surface area (TPSA) is 95.7 Å². The Morgan fingerprint density at radius 2 is 1.56 bits per heavy atom. The van der Waals surface area contributed by atoms with E-state index in [0.29, 0.717) is 22.7 Å². The molecule has 0 aliphatic heterocycles. The smallest absolute Gasteiger partial charge is 0.308 e. The molecule has 7 heteroatoms. The lowest BCUT2D eigenvalue weighted by Crippen LogP contribution is -2.63. The van der Waals surface area contributed by atoms with Crippen molar-refractivity contribution in [3.8, 4) is 11.5 Å². The van der Waals surface area contributed by atoms with E-state index in [0.717, 1.165) is 50.5 Å². The van der Waals surface area contributed by atoms with Gasteiger partial charge in [0.1, 0.15) is 0 Å². The zero-order chi connectivity index (χ0) is 31.9. The molecular formula is C36H51NO5S. The van der Waals surface area contributed by atoms with Crippen molar-refractivity contribution in [1.82, 2.24) is 0 Å². The molecule has 7 atom stereocenters. The van der Waals surface area contributed by atoms with Gasteiger partial charge in [-0.25, -0.2) is 0 Å². The van der Waals surface area contributed by atoms with Gasteiger partial charge in [-0.2, -0.15) is 0 Å². The minimum Gasteiger partial charge on any atom is -0.423 e. The van der Waals surface area contributed by atoms with Crippen molar-refractivity contribution >= 4 is 29.6 Å². The van der Waals surface area contributed by atoms with Crippen molar-refractivity contribution < 1.29 is 23.9 Å². The number of primary amides is 1. The standard InChI is InChI=1S/C36H51NO5S/c1-20(2)43-26-18-27-34(8,24-17-25(41-22(4)38)30(42-23(5)39)21(3)29(24)26)14-16-36(10)28-19-33(7,31(37)40)12-11-32(28,6)13-15-35(27,36)9/h17-18,20,26,28H,11-16,19H2,1-10H3,(H2,37,40)/t26?,28-,32-,33-,34+,35-,36+/m1/s1. The van der Waals surface area contributed by atoms with Gasteiger partial charge in [-0.1, -0.05) is 60.1 Å². The van der Waals surface area contributed by atoms with E-state index < -0.39 is 17.4 Å². The van der Waals surface area contributed by atoms with Crippen LogP contribution < -0.4 is 15.2 Å². The molecule has 1 aromatic carbocycles. The number of hydrogen-bond donors (Lipinski definition) is 1. The summed E-state index contributed by atoms with van der Waals surface area (Å²) in [5.74, 6) is -0.00922. The lowest BCUT2D eigenvalue weighted by molar-refractivity contribution is -0.166. The summed E-state index contributed by atoms with van der Waals surface area (Å²) >= 11 is 1.91. The average molecular weight is 610 g/mol. The Hall–Kier alpha value is -2.28. The summed E-state index contributed by atoms with van der Waals surface area (Å²) in [5, 5.41) is 0.435. The second-order valence-corrected chi connectivity index (χ2v) is 17.3. The van der Waals surface area contributed by atoms with Crippen molar-refractivity contribution in [2.75, 3.05) is 0 Å². The molecule has 1 aromatic rings. The summed E-state index contributed by atoms with van der Waals surface area (Å²) in [4.78, 5) is 37.2. The lowest BCUT2D eigenvalue weighted by atomic mass is 9.34. The van der Waals surface area contributed by atoms with Crippen LogP contribution in [0.4, 0.5) is 0 Å². The van der Waals surface area contributed by atoms with E-state index in [1.807, 2.05) is 24.8 Å². The number of esters is 2. The summed E-state index contributed by atoms with van der Waals surface area (Å²) in [7, 11) is 0. The highest BCUT2D eigenvalue weighted by Gasteiger charge is 2.67. The van der Waals surface area contributed by atoms with Gasteiger partial charge in [0.15, 0.2) is 11.5 Å². The van der Waals surface area contributed by atoms with Gasteiger partial charge in [0.25, 0.3) is 0 Å². The highest BCUT2D eigenvalue weighted by Crippen LogP contribution is 2.75. The molecular weight excluding hydrogens is 558 g/mol. The molecule has 0 aromatic heterocycles. The molecule has 3 saturated carbocycles. The molecule has 5 rings (SSSR count). The number of carbonyl (C=O) groups is 3. The van der Waals surface area contributed by atoms with E-state index in [2.05, 4.69) is 54.5 Å². The Morgan fingerprint density at radius 1 is 0.930 bits per heavy atom. The fraction of sp³-hybridized carbons (Fsp3) is 0.694. The number of rotatable bonds is 5. The van der Waals surface area contributed by atoms with Crippen LogP contribution in [0.1, 0.15) is 129 Å². The number of amides is 1. The van der Waals surface area contributed by atoms with Crippen molar-refractivity contribution in [1.29, 1.82) is 0 Å². The third-order valence-corrected chi connectivity index (χ3v) is 13.8. The van der Waals surface area contributed by atoms with E-state index >= 15 is 0 Å². The third kappa shape index (κ3) is 4.78. The van der Waals surface area contributed by atoms with Crippen LogP contribution in [-0.2, 0) is 19.8 Å². The number of ether oxygens (including phenoxy) is 2. The quantitative estimate of drug-likeness (QED) is 0.206. The van der Waals surface area contributed by atoms with Crippen molar-refractivity contribution in [3.63, 3.8) is 0 Å². The monoisotopic (exact) mass is 609 g/mol. The van der Waals surface area contributed by atoms with Crippen LogP contribution in [-0.4, -0.2) is 23.1 Å². The molecule has 0 saturated heterocycles. The van der Waals surface area contributed by atoms with Crippen LogP contribution in [0.15, 0.2) is 17.7 Å². The van der Waals surface area contributed by atoms with Gasteiger partial charge in [-0.3, -0.25) is 14.4 Å². The number of allylic oxidation sites excluding steroid dienone is 1. The number of benzene rings is 1. The SMILES string of the molecule is CC(=O)Oc1cc2c(c(C)c1OC(C)=O)C(SC(C)C)C=C1[C@@]2(C)CC[C@@]2(C)[C@@H]3C[C@](C)(C(N)=O)CC[C@]3(C)CC[C@]12C. The second-order valence-electron chi connectivity index (χ2n) is 15.6. The average Bonchev–Trinajstić information content (AvgIpc) is 2.89. The molecule has 0 radical (unpaired) electrons. The number of thioether (sulfide) groups is 1. The van der Waals surface area contributed by atoms with E-state index in [1.54, 1.807) is 0 Å². The molecule has 1 amide bonds. The van der Waals surface area contributed by atoms with Gasteiger partial charge >= 0.3 is 11.9 Å². The maximum Gasteiger partial charge on any atom is 0.308 e. The van der Waals surface area contributed by atoms with Crippen LogP contribution in [0.2, 0.25) is 0 Å². The molecule has 4 aliphatic carbocycles. The summed E-state index contributed by atoms with van der Waals surface area (Å²) in [6.07, 6.45) is 9.50. The first-order chi connectivity index (χ1) is 19.8. The molecule has 2 N–H and O–H groups in total. The highest BCUT2D eigenvalue weighted by atomic mass is 32.2. The number of fused-ring (bicyclic) bond motifs is 7. The van der Waals surface area contributed by atoms with Gasteiger partial charge in [0.2, 0.25) is 5.91 Å². The molecule has 0 spiro atoms. The predicted molar refractivity (Wildman–Crippen MR) is 172 cm³/mol. The maximum absolute atomic E-state index is 12.7. The minimum absolute atomic E-state index is 0.00152. The second kappa shape index (κ2) is 10.4. The molecule has 236 valence electrons. The third-order valence-electron chi connectivity index (χ3n) is 12.5. The van der Waals surface area contributed by atoms with Crippen molar-refractivity contribution in [3.05, 3.63) is 34.4 Å². The summed E-state index contributed by atoms with van der Waals surface area (Å²) in [6, 6.07) is 1.99. The van der Waals surface area contributed by atoms with Crippen LogP contribution in [0, 0.1) is 34.5 Å². The number of nitrogens with two attached hydrogens (primary N) is 1. The fourth-order valence-electron chi connectivity index (χ4n) is 9.79. The van der Waals surface area contributed by atoms with Crippen LogP contribution >= 0.6 is 11.8 Å². The first-order valence-electron chi connectivity index (χ1n) is 16.0. The van der Waals surface area contributed by atoms with Crippen LogP contribution in [0.25, 0.3) is 0 Å². The Morgan fingerprint density at radius 3 is 2.14 bits per heavy atom. The molecule has 4 aliphatic rings. The first kappa shape index (κ1) is 32.1. The predicted octanol–water partition coefficient (Wildman–Crippen LogP) is 8.12. The number of hydrogen-bond acceptors (Lipinski definition) is 6. The van der Waals surface area contributed by atoms with Gasteiger partial charge in [0, 0.05) is 35.5 Å². The maximum atomic E-state index is 12.7. The lowest BCUT2D eigenvalue weighted by Gasteiger charge is -2.70. The molecule has 0 heterocycles. The fourth-order valence-corrected chi connectivity index (χ4v) is 11.0. The Kier molecular flexibility index (Phi) is 7.76. The van der Waals surface area contributed by atoms with Gasteiger partial charge < -0.3 is 15.2 Å². The Bertz CT molecular complexity index is 1420. The summed E-state index contributed by atoms with van der Waals surface area (Å²) < 4.78 is 11.4. The highest BCUT2D eigenvalue weighted by molar-refractivity contribution is 8.00. The number of carbonyl (C=O) groups excluding carboxylic acids is 3. The van der Waals surface area contributed by atoms with E-state index in [9.17, 15) is 14.4 Å². The molecule has 43 heavy (non-hydrogen) atoms. The Labute approximate surface area is 262 Å². The normalized spacial score (nSPS) is 38.2. The molecule has 3 fully saturated rings. The zero-order valence-corrected chi connectivity index (χ0v) is 28.7. The summed E-state index contributed by atoms with van der Waals surface area (Å²) in [6.45, 7) is 21.1. The van der Waals surface area contributed by atoms with Gasteiger partial charge in [0.05, 0.1) is 0 Å². The zero-order valence-electron chi connectivity index (χ0n) is 27.9. The van der Waals surface area contributed by atoms with E-state index in [-0.39, 0.29) is 32.8 Å². The van der Waals surface area contributed by atoms with Crippen LogP contribution in [0.5, 0.6) is 11.5 Å². The molecule has 1 unspecified atom stereocenters. The Balaban J connectivity index is 1.72. The largest absolute Gasteiger partial charge is 0.423 e. The van der Waals surface area contributed by atoms with Gasteiger partial charge in [-0.15, -0.1) is 11.8 Å². The van der Waals surface area contributed by atoms with E-state index in [1.165, 1.54) is 30.5 Å². The van der Waals surface area contributed by atoms with Crippen LogP contribution in [0.3, 0.4) is 0 Å². The van der Waals surface area contributed by atoms with E-state index in [4.69, 9.17) is 15.2 Å².